The number of benzene rings is 2. The summed E-state index contributed by atoms with van der Waals surface area (Å²) >= 11 is 0. The molecule has 0 aliphatic rings. The summed E-state index contributed by atoms with van der Waals surface area (Å²) < 4.78 is 11.5. The van der Waals surface area contributed by atoms with Gasteiger partial charge in [-0.15, -0.1) is 0 Å². The van der Waals surface area contributed by atoms with Crippen LogP contribution in [-0.4, -0.2) is 34.9 Å². The van der Waals surface area contributed by atoms with Gasteiger partial charge in [0.15, 0.2) is 0 Å². The van der Waals surface area contributed by atoms with E-state index in [2.05, 4.69) is 41.4 Å². The number of nitrogens with two attached hydrogens (primary N) is 2. The number of carbonyl (C=O) groups is 2. The van der Waals surface area contributed by atoms with Crippen molar-refractivity contribution in [2.75, 3.05) is 13.1 Å². The van der Waals surface area contributed by atoms with E-state index in [4.69, 9.17) is 20.9 Å². The maximum Gasteiger partial charge on any atom is 0.254 e. The number of nitrogens with zero attached hydrogens (tertiary/aromatic N) is 2. The second kappa shape index (κ2) is 26.1. The zero-order valence-corrected chi connectivity index (χ0v) is 32.7. The first-order valence-electron chi connectivity index (χ1n) is 19.8. The summed E-state index contributed by atoms with van der Waals surface area (Å²) in [5.41, 5.74) is 13.7. The molecule has 0 aliphatic heterocycles. The fraction of sp³-hybridized carbons (Fsp3) is 0.455. The number of hydrogen-bond donors (Lipinski definition) is 4. The molecule has 2 aromatic heterocycles. The summed E-state index contributed by atoms with van der Waals surface area (Å²) in [4.78, 5) is 30.7. The first kappa shape index (κ1) is 43.6. The summed E-state index contributed by atoms with van der Waals surface area (Å²) in [6.45, 7) is 10.5. The van der Waals surface area contributed by atoms with Gasteiger partial charge in [-0.2, -0.15) is 0 Å². The number of rotatable bonds is 25. The van der Waals surface area contributed by atoms with Crippen molar-refractivity contribution in [3.05, 3.63) is 108 Å². The van der Waals surface area contributed by atoms with Crippen molar-refractivity contribution < 1.29 is 19.1 Å². The Morgan fingerprint density at radius 2 is 1.07 bits per heavy atom. The van der Waals surface area contributed by atoms with Crippen LogP contribution in [0.15, 0.2) is 85.5 Å². The standard InChI is InChI=1S/C23H33N3O2.C21H29N3O2/c1-2-3-4-5-6-7-8-9-15-25-17-19-10-12-20(13-11-19)28-22-14-16-26-18-21(22)23(24)27;1-3-5-6-16(4-2)13-24-14-17-7-9-18(10-8-17)26-20-11-12-23-15-19(20)21(22)25/h10-14,16,18,25H,2-9,15,17H2,1H3,(H2,24,27);7-12,15-16,24H,3-6,13-14H2,1-2H3,(H2,22,25). The number of carbonyl (C=O) groups excluding carboxylic acids is 2. The number of primary amides is 2. The number of nitrogens with one attached hydrogen (secondary N) is 2. The molecule has 54 heavy (non-hydrogen) atoms. The van der Waals surface area contributed by atoms with Crippen LogP contribution in [0.4, 0.5) is 0 Å². The fourth-order valence-corrected chi connectivity index (χ4v) is 5.90. The Balaban J connectivity index is 0.000000291. The van der Waals surface area contributed by atoms with Crippen LogP contribution in [0.1, 0.15) is 130 Å². The first-order chi connectivity index (χ1) is 26.3. The van der Waals surface area contributed by atoms with Gasteiger partial charge in [0.05, 0.1) is 0 Å². The van der Waals surface area contributed by atoms with Crippen LogP contribution in [-0.2, 0) is 13.1 Å². The molecule has 292 valence electrons. The highest BCUT2D eigenvalue weighted by molar-refractivity contribution is 5.95. The quantitative estimate of drug-likeness (QED) is 0.0490. The van der Waals surface area contributed by atoms with Gasteiger partial charge in [0.2, 0.25) is 0 Å². The topological polar surface area (TPSA) is 154 Å². The molecule has 0 aliphatic carbocycles. The molecule has 2 heterocycles. The molecule has 0 fully saturated rings. The second-order valence-electron chi connectivity index (χ2n) is 13.7. The van der Waals surface area contributed by atoms with Crippen molar-refractivity contribution >= 4 is 11.8 Å². The molecule has 1 atom stereocenters. The third kappa shape index (κ3) is 16.9. The zero-order chi connectivity index (χ0) is 38.8. The lowest BCUT2D eigenvalue weighted by molar-refractivity contribution is 0.0989. The molecule has 0 bridgehead atoms. The lowest BCUT2D eigenvalue weighted by atomic mass is 9.99. The summed E-state index contributed by atoms with van der Waals surface area (Å²) in [7, 11) is 0. The number of hydrogen-bond acceptors (Lipinski definition) is 8. The zero-order valence-electron chi connectivity index (χ0n) is 32.7. The van der Waals surface area contributed by atoms with Gasteiger partial charge in [-0.3, -0.25) is 19.6 Å². The Labute approximate surface area is 322 Å². The lowest BCUT2D eigenvalue weighted by Crippen LogP contribution is -2.22. The maximum absolute atomic E-state index is 11.4. The minimum absolute atomic E-state index is 0.274. The third-order valence-corrected chi connectivity index (χ3v) is 9.24. The van der Waals surface area contributed by atoms with Gasteiger partial charge in [0, 0.05) is 37.9 Å². The van der Waals surface area contributed by atoms with Crippen LogP contribution < -0.4 is 31.6 Å². The largest absolute Gasteiger partial charge is 0.456 e. The van der Waals surface area contributed by atoms with Crippen LogP contribution in [0.5, 0.6) is 23.0 Å². The van der Waals surface area contributed by atoms with Gasteiger partial charge < -0.3 is 31.6 Å². The van der Waals surface area contributed by atoms with Crippen molar-refractivity contribution in [1.82, 2.24) is 20.6 Å². The minimum atomic E-state index is -0.553. The Morgan fingerprint density at radius 3 is 1.54 bits per heavy atom. The minimum Gasteiger partial charge on any atom is -0.456 e. The van der Waals surface area contributed by atoms with Gasteiger partial charge >= 0.3 is 0 Å². The SMILES string of the molecule is CCCCC(CC)CNCc1ccc(Oc2ccncc2C(N)=O)cc1.CCCCCCCCCCNCc1ccc(Oc2ccncc2C(N)=O)cc1. The number of pyridine rings is 2. The molecule has 0 radical (unpaired) electrons. The van der Waals surface area contributed by atoms with Crippen molar-refractivity contribution in [3.8, 4) is 23.0 Å². The molecule has 0 saturated carbocycles. The van der Waals surface area contributed by atoms with E-state index < -0.39 is 11.8 Å². The average Bonchev–Trinajstić information content (AvgIpc) is 3.18. The van der Waals surface area contributed by atoms with Crippen molar-refractivity contribution in [1.29, 1.82) is 0 Å². The van der Waals surface area contributed by atoms with E-state index in [-0.39, 0.29) is 11.1 Å². The highest BCUT2D eigenvalue weighted by Gasteiger charge is 2.12. The van der Waals surface area contributed by atoms with E-state index in [0.717, 1.165) is 32.1 Å². The molecule has 6 N–H and O–H groups in total. The molecule has 10 nitrogen and oxygen atoms in total. The van der Waals surface area contributed by atoms with Crippen LogP contribution in [0.2, 0.25) is 0 Å². The monoisotopic (exact) mass is 738 g/mol. The smallest absolute Gasteiger partial charge is 0.254 e. The summed E-state index contributed by atoms with van der Waals surface area (Å²) in [5, 5.41) is 7.04. The maximum atomic E-state index is 11.4. The molecule has 2 aromatic carbocycles. The Hall–Kier alpha value is -4.80. The van der Waals surface area contributed by atoms with Gasteiger partial charge in [0.1, 0.15) is 34.1 Å². The van der Waals surface area contributed by atoms with E-state index in [1.54, 1.807) is 24.5 Å². The molecule has 0 saturated heterocycles. The van der Waals surface area contributed by atoms with Crippen LogP contribution in [0.3, 0.4) is 0 Å². The Bertz CT molecular complexity index is 1630. The predicted molar refractivity (Wildman–Crippen MR) is 218 cm³/mol. The number of unbranched alkanes of at least 4 members (excludes halogenated alkanes) is 8. The van der Waals surface area contributed by atoms with Crippen LogP contribution >= 0.6 is 0 Å². The molecular formula is C44H62N6O4. The van der Waals surface area contributed by atoms with E-state index in [9.17, 15) is 9.59 Å². The summed E-state index contributed by atoms with van der Waals surface area (Å²) in [5.74, 6) is 1.81. The normalized spacial score (nSPS) is 11.3. The van der Waals surface area contributed by atoms with Crippen molar-refractivity contribution in [2.24, 2.45) is 17.4 Å². The average molecular weight is 739 g/mol. The Morgan fingerprint density at radius 1 is 0.611 bits per heavy atom. The predicted octanol–water partition coefficient (Wildman–Crippen LogP) is 9.48. The van der Waals surface area contributed by atoms with Crippen LogP contribution in [0, 0.1) is 5.92 Å². The summed E-state index contributed by atoms with van der Waals surface area (Å²) in [6, 6.07) is 19.0. The number of ether oxygens (including phenoxy) is 2. The van der Waals surface area contributed by atoms with E-state index in [1.165, 1.54) is 101 Å². The van der Waals surface area contributed by atoms with Gasteiger partial charge in [0.25, 0.3) is 11.8 Å². The molecular weight excluding hydrogens is 677 g/mol. The summed E-state index contributed by atoms with van der Waals surface area (Å²) in [6.07, 6.45) is 21.8. The highest BCUT2D eigenvalue weighted by atomic mass is 16.5. The molecule has 4 aromatic rings. The number of aromatic nitrogens is 2. The fourth-order valence-electron chi connectivity index (χ4n) is 5.90. The number of amides is 2. The van der Waals surface area contributed by atoms with E-state index >= 15 is 0 Å². The van der Waals surface area contributed by atoms with Crippen molar-refractivity contribution in [3.63, 3.8) is 0 Å². The van der Waals surface area contributed by atoms with Gasteiger partial charge in [-0.1, -0.05) is 109 Å². The van der Waals surface area contributed by atoms with Crippen molar-refractivity contribution in [2.45, 2.75) is 111 Å². The van der Waals surface area contributed by atoms with E-state index in [1.807, 2.05) is 48.5 Å². The highest BCUT2D eigenvalue weighted by Crippen LogP contribution is 2.26. The van der Waals surface area contributed by atoms with Gasteiger partial charge in [-0.25, -0.2) is 0 Å². The molecule has 1 unspecified atom stereocenters. The van der Waals surface area contributed by atoms with Gasteiger partial charge in [-0.05, 0) is 79.4 Å². The molecule has 10 heteroatoms. The van der Waals surface area contributed by atoms with Crippen LogP contribution in [0.25, 0.3) is 0 Å². The molecule has 4 rings (SSSR count). The molecule has 0 spiro atoms. The second-order valence-corrected chi connectivity index (χ2v) is 13.7. The third-order valence-electron chi connectivity index (χ3n) is 9.24. The first-order valence-corrected chi connectivity index (χ1v) is 19.8. The molecule has 2 amide bonds. The van der Waals surface area contributed by atoms with E-state index in [0.29, 0.717) is 23.0 Å². The Kier molecular flexibility index (Phi) is 21.0. The lowest BCUT2D eigenvalue weighted by Gasteiger charge is -2.15.